The highest BCUT2D eigenvalue weighted by Crippen LogP contribution is 2.23. The van der Waals surface area contributed by atoms with Gasteiger partial charge in [-0.05, 0) is 18.8 Å². The summed E-state index contributed by atoms with van der Waals surface area (Å²) in [5.74, 6) is 1.23. The van der Waals surface area contributed by atoms with Gasteiger partial charge in [-0.3, -0.25) is 4.79 Å². The lowest BCUT2D eigenvalue weighted by Crippen LogP contribution is -2.38. The molecule has 3 rings (SSSR count). The van der Waals surface area contributed by atoms with Gasteiger partial charge in [0, 0.05) is 26.1 Å². The number of anilines is 1. The third-order valence-electron chi connectivity index (χ3n) is 4.52. The molecule has 0 aromatic carbocycles. The summed E-state index contributed by atoms with van der Waals surface area (Å²) >= 11 is 0. The highest BCUT2D eigenvalue weighted by molar-refractivity contribution is 5.32. The summed E-state index contributed by atoms with van der Waals surface area (Å²) in [6.07, 6.45) is 7.30. The Morgan fingerprint density at radius 2 is 2.19 bits per heavy atom. The maximum atomic E-state index is 12.4. The lowest BCUT2D eigenvalue weighted by Gasteiger charge is -2.24. The topological polar surface area (TPSA) is 68.2 Å². The number of hydrogen-bond acceptors (Lipinski definition) is 5. The molecule has 1 saturated carbocycles. The van der Waals surface area contributed by atoms with Crippen LogP contribution in [0.2, 0.25) is 0 Å². The summed E-state index contributed by atoms with van der Waals surface area (Å²) in [7, 11) is 1.51. The highest BCUT2D eigenvalue weighted by Gasteiger charge is 2.20. The van der Waals surface area contributed by atoms with Crippen LogP contribution in [0.15, 0.2) is 4.79 Å². The van der Waals surface area contributed by atoms with Crippen molar-refractivity contribution in [3.8, 4) is 0 Å². The molecular weight excluding hydrogens is 268 g/mol. The van der Waals surface area contributed by atoms with Crippen LogP contribution in [-0.4, -0.2) is 29.9 Å². The van der Waals surface area contributed by atoms with E-state index in [4.69, 9.17) is 4.84 Å². The first kappa shape index (κ1) is 14.4. The van der Waals surface area contributed by atoms with Crippen LogP contribution < -0.4 is 21.0 Å². The third kappa shape index (κ3) is 3.05. The van der Waals surface area contributed by atoms with E-state index in [-0.39, 0.29) is 5.56 Å². The molecule has 116 valence electrons. The predicted octanol–water partition coefficient (Wildman–Crippen LogP) is 0.940. The number of fused-ring (bicyclic) bond motifs is 1. The van der Waals surface area contributed by atoms with E-state index in [0.29, 0.717) is 18.4 Å². The quantitative estimate of drug-likeness (QED) is 0.864. The molecule has 0 bridgehead atoms. The van der Waals surface area contributed by atoms with E-state index in [1.807, 2.05) is 0 Å². The Labute approximate surface area is 124 Å². The van der Waals surface area contributed by atoms with Crippen LogP contribution in [0.5, 0.6) is 0 Å². The highest BCUT2D eigenvalue weighted by atomic mass is 16.7. The van der Waals surface area contributed by atoms with Gasteiger partial charge in [-0.25, -0.2) is 4.98 Å². The van der Waals surface area contributed by atoms with Gasteiger partial charge in [0.25, 0.3) is 5.56 Å². The molecule has 1 aliphatic heterocycles. The minimum Gasteiger partial charge on any atom is -0.411 e. The molecule has 0 amide bonds. The molecule has 6 heteroatoms. The largest absolute Gasteiger partial charge is 0.411 e. The summed E-state index contributed by atoms with van der Waals surface area (Å²) in [4.78, 5) is 22.3. The van der Waals surface area contributed by atoms with Crippen molar-refractivity contribution in [1.82, 2.24) is 15.0 Å². The van der Waals surface area contributed by atoms with Crippen LogP contribution in [0.25, 0.3) is 0 Å². The average Bonchev–Trinajstić information content (AvgIpc) is 2.54. The van der Waals surface area contributed by atoms with E-state index < -0.39 is 0 Å². The van der Waals surface area contributed by atoms with Crippen molar-refractivity contribution in [2.24, 2.45) is 5.92 Å². The van der Waals surface area contributed by atoms with Crippen LogP contribution in [0.1, 0.15) is 43.4 Å². The van der Waals surface area contributed by atoms with Gasteiger partial charge in [0.05, 0.1) is 11.3 Å². The van der Waals surface area contributed by atoms with Gasteiger partial charge in [0.1, 0.15) is 7.11 Å². The van der Waals surface area contributed by atoms with Crippen LogP contribution in [0.3, 0.4) is 0 Å². The fraction of sp³-hybridized carbons (Fsp3) is 0.733. The first-order valence-electron chi connectivity index (χ1n) is 7.93. The molecule has 21 heavy (non-hydrogen) atoms. The number of hydrogen-bond donors (Lipinski definition) is 2. The van der Waals surface area contributed by atoms with E-state index >= 15 is 0 Å². The molecule has 0 unspecified atom stereocenters. The standard InChI is InChI=1S/C15H24N4O2/c1-21-19-14(20)12-10-16-8-7-13(12)18-15(19)17-9-11-5-3-2-4-6-11/h11,16H,2-10H2,1H3,(H,17,18). The molecule has 2 N–H and O–H groups in total. The normalized spacial score (nSPS) is 19.1. The summed E-state index contributed by atoms with van der Waals surface area (Å²) in [6, 6.07) is 0. The Kier molecular flexibility index (Phi) is 4.43. The zero-order chi connectivity index (χ0) is 14.7. The second-order valence-corrected chi connectivity index (χ2v) is 5.95. The Hall–Kier alpha value is -1.56. The maximum Gasteiger partial charge on any atom is 0.292 e. The molecule has 1 aliphatic carbocycles. The Bertz CT molecular complexity index is 549. The number of nitrogens with zero attached hydrogens (tertiary/aromatic N) is 2. The van der Waals surface area contributed by atoms with Crippen molar-refractivity contribution < 1.29 is 4.84 Å². The summed E-state index contributed by atoms with van der Waals surface area (Å²) < 4.78 is 1.29. The Morgan fingerprint density at radius 3 is 2.95 bits per heavy atom. The monoisotopic (exact) mass is 292 g/mol. The first-order valence-corrected chi connectivity index (χ1v) is 7.93. The van der Waals surface area contributed by atoms with Crippen LogP contribution in [-0.2, 0) is 13.0 Å². The van der Waals surface area contributed by atoms with E-state index in [9.17, 15) is 4.79 Å². The van der Waals surface area contributed by atoms with E-state index in [2.05, 4.69) is 15.6 Å². The van der Waals surface area contributed by atoms with Crippen molar-refractivity contribution in [2.45, 2.75) is 45.1 Å². The second kappa shape index (κ2) is 6.47. The molecule has 2 heterocycles. The van der Waals surface area contributed by atoms with Gasteiger partial charge in [-0.15, -0.1) is 4.73 Å². The summed E-state index contributed by atoms with van der Waals surface area (Å²) in [5.41, 5.74) is 1.53. The van der Waals surface area contributed by atoms with Crippen molar-refractivity contribution in [3.63, 3.8) is 0 Å². The lowest BCUT2D eigenvalue weighted by atomic mass is 9.89. The zero-order valence-corrected chi connectivity index (χ0v) is 12.7. The maximum absolute atomic E-state index is 12.4. The molecule has 0 saturated heterocycles. The molecule has 1 aromatic rings. The van der Waals surface area contributed by atoms with E-state index in [0.717, 1.165) is 30.8 Å². The van der Waals surface area contributed by atoms with Crippen LogP contribution in [0, 0.1) is 5.92 Å². The summed E-state index contributed by atoms with van der Waals surface area (Å²) in [5, 5.41) is 6.54. The minimum absolute atomic E-state index is 0.0964. The van der Waals surface area contributed by atoms with E-state index in [1.54, 1.807) is 0 Å². The van der Waals surface area contributed by atoms with Gasteiger partial charge in [-0.1, -0.05) is 19.3 Å². The third-order valence-corrected chi connectivity index (χ3v) is 4.52. The molecule has 2 aliphatic rings. The van der Waals surface area contributed by atoms with Gasteiger partial charge in [-0.2, -0.15) is 0 Å². The average molecular weight is 292 g/mol. The molecule has 1 fully saturated rings. The van der Waals surface area contributed by atoms with Gasteiger partial charge >= 0.3 is 0 Å². The van der Waals surface area contributed by atoms with Crippen molar-refractivity contribution in [1.29, 1.82) is 0 Å². The van der Waals surface area contributed by atoms with Gasteiger partial charge in [0.2, 0.25) is 5.95 Å². The van der Waals surface area contributed by atoms with Crippen molar-refractivity contribution in [2.75, 3.05) is 25.5 Å². The van der Waals surface area contributed by atoms with E-state index in [1.165, 1.54) is 43.9 Å². The van der Waals surface area contributed by atoms with Crippen LogP contribution >= 0.6 is 0 Å². The molecule has 0 spiro atoms. The Morgan fingerprint density at radius 1 is 1.38 bits per heavy atom. The molecule has 0 radical (unpaired) electrons. The van der Waals surface area contributed by atoms with Gasteiger partial charge < -0.3 is 15.5 Å². The fourth-order valence-electron chi connectivity index (χ4n) is 3.30. The van der Waals surface area contributed by atoms with Crippen LogP contribution in [0.4, 0.5) is 5.95 Å². The fourth-order valence-corrected chi connectivity index (χ4v) is 3.30. The minimum atomic E-state index is -0.0964. The number of nitrogens with one attached hydrogen (secondary N) is 2. The van der Waals surface area contributed by atoms with Crippen molar-refractivity contribution >= 4 is 5.95 Å². The molecule has 6 nitrogen and oxygen atoms in total. The summed E-state index contributed by atoms with van der Waals surface area (Å²) in [6.45, 7) is 2.32. The number of rotatable bonds is 4. The first-order chi connectivity index (χ1) is 10.3. The number of aromatic nitrogens is 2. The Balaban J connectivity index is 1.80. The van der Waals surface area contributed by atoms with Gasteiger partial charge in [0.15, 0.2) is 0 Å². The molecule has 1 aromatic heterocycles. The predicted molar refractivity (Wildman–Crippen MR) is 81.5 cm³/mol. The molecular formula is C15H24N4O2. The SMILES string of the molecule is COn1c(NCC2CCCCC2)nc2c(c1=O)CNCC2. The molecule has 0 atom stereocenters. The second-order valence-electron chi connectivity index (χ2n) is 5.95. The lowest BCUT2D eigenvalue weighted by molar-refractivity contribution is 0.157. The smallest absolute Gasteiger partial charge is 0.292 e. The zero-order valence-electron chi connectivity index (χ0n) is 12.7. The van der Waals surface area contributed by atoms with Crippen molar-refractivity contribution in [3.05, 3.63) is 21.6 Å².